The van der Waals surface area contributed by atoms with Gasteiger partial charge in [-0.05, 0) is 6.42 Å². The zero-order chi connectivity index (χ0) is 6.41. The van der Waals surface area contributed by atoms with E-state index in [-0.39, 0.29) is 0 Å². The molecule has 1 nitrogen and oxygen atoms in total. The van der Waals surface area contributed by atoms with Crippen molar-refractivity contribution in [2.75, 3.05) is 6.54 Å². The molecule has 0 rings (SSSR count). The molecule has 0 amide bonds. The van der Waals surface area contributed by atoms with Gasteiger partial charge in [-0.25, -0.2) is 0 Å². The summed E-state index contributed by atoms with van der Waals surface area (Å²) >= 11 is 3.45. The zero-order valence-corrected chi connectivity index (χ0v) is 6.95. The van der Waals surface area contributed by atoms with E-state index in [9.17, 15) is 0 Å². The molecule has 0 aliphatic rings. The molecule has 0 aliphatic heterocycles. The standard InChI is InChI=1S/C6H14BrN/c1-2-3-4-6(7)5-8/h6H,2-5,8H2,1H3. The third kappa shape index (κ3) is 4.60. The molecule has 0 aromatic heterocycles. The summed E-state index contributed by atoms with van der Waals surface area (Å²) in [7, 11) is 0. The molecule has 0 radical (unpaired) electrons. The van der Waals surface area contributed by atoms with Crippen molar-refractivity contribution in [2.24, 2.45) is 5.73 Å². The maximum Gasteiger partial charge on any atom is 0.0268 e. The first-order valence-corrected chi connectivity index (χ1v) is 4.07. The van der Waals surface area contributed by atoms with Crippen LogP contribution in [0.1, 0.15) is 26.2 Å². The quantitative estimate of drug-likeness (QED) is 0.657. The van der Waals surface area contributed by atoms with E-state index in [0.29, 0.717) is 4.83 Å². The summed E-state index contributed by atoms with van der Waals surface area (Å²) in [6.07, 6.45) is 3.77. The second kappa shape index (κ2) is 5.57. The molecule has 0 bridgehead atoms. The highest BCUT2D eigenvalue weighted by Crippen LogP contribution is 2.06. The fourth-order valence-corrected chi connectivity index (χ4v) is 0.867. The number of hydrogen-bond donors (Lipinski definition) is 1. The SMILES string of the molecule is CCCCC(Br)CN. The Bertz CT molecular complexity index is 47.8. The van der Waals surface area contributed by atoms with E-state index in [1.54, 1.807) is 0 Å². The van der Waals surface area contributed by atoms with Crippen molar-refractivity contribution in [3.8, 4) is 0 Å². The van der Waals surface area contributed by atoms with Crippen LogP contribution in [-0.2, 0) is 0 Å². The first-order chi connectivity index (χ1) is 3.81. The second-order valence-corrected chi connectivity index (χ2v) is 3.27. The summed E-state index contributed by atoms with van der Waals surface area (Å²) in [4.78, 5) is 0.544. The molecule has 0 saturated carbocycles. The predicted molar refractivity (Wildman–Crippen MR) is 41.3 cm³/mol. The molecular formula is C6H14BrN. The molecule has 1 unspecified atom stereocenters. The van der Waals surface area contributed by atoms with Crippen LogP contribution in [0.5, 0.6) is 0 Å². The molecule has 0 heterocycles. The van der Waals surface area contributed by atoms with E-state index >= 15 is 0 Å². The Balaban J connectivity index is 2.86. The summed E-state index contributed by atoms with van der Waals surface area (Å²) in [6, 6.07) is 0. The van der Waals surface area contributed by atoms with Crippen LogP contribution in [0.3, 0.4) is 0 Å². The van der Waals surface area contributed by atoms with Crippen LogP contribution < -0.4 is 5.73 Å². The van der Waals surface area contributed by atoms with Gasteiger partial charge in [0.1, 0.15) is 0 Å². The van der Waals surface area contributed by atoms with Crippen molar-refractivity contribution in [3.05, 3.63) is 0 Å². The molecule has 0 saturated heterocycles. The topological polar surface area (TPSA) is 26.0 Å². The molecule has 8 heavy (non-hydrogen) atoms. The fourth-order valence-electron chi connectivity index (χ4n) is 0.543. The minimum absolute atomic E-state index is 0.544. The average Bonchev–Trinajstić information content (AvgIpc) is 1.83. The average molecular weight is 180 g/mol. The number of halogens is 1. The Kier molecular flexibility index (Phi) is 5.88. The van der Waals surface area contributed by atoms with E-state index in [4.69, 9.17) is 5.73 Å². The lowest BCUT2D eigenvalue weighted by Crippen LogP contribution is -2.12. The van der Waals surface area contributed by atoms with E-state index in [0.717, 1.165) is 6.54 Å². The number of hydrogen-bond acceptors (Lipinski definition) is 1. The van der Waals surface area contributed by atoms with Gasteiger partial charge in [0.15, 0.2) is 0 Å². The maximum absolute atomic E-state index is 5.37. The van der Waals surface area contributed by atoms with Crippen LogP contribution in [-0.4, -0.2) is 11.4 Å². The highest BCUT2D eigenvalue weighted by Gasteiger charge is 1.97. The van der Waals surface area contributed by atoms with Gasteiger partial charge in [-0.15, -0.1) is 0 Å². The molecule has 0 aliphatic carbocycles. The minimum atomic E-state index is 0.544. The van der Waals surface area contributed by atoms with Gasteiger partial charge >= 0.3 is 0 Å². The van der Waals surface area contributed by atoms with Gasteiger partial charge in [0.2, 0.25) is 0 Å². The molecule has 1 atom stereocenters. The second-order valence-electron chi connectivity index (χ2n) is 1.98. The van der Waals surface area contributed by atoms with Gasteiger partial charge in [-0.1, -0.05) is 35.7 Å². The third-order valence-corrected chi connectivity index (χ3v) is 1.96. The monoisotopic (exact) mass is 179 g/mol. The number of unbranched alkanes of at least 4 members (excludes halogenated alkanes) is 1. The lowest BCUT2D eigenvalue weighted by Gasteiger charge is -2.02. The molecule has 0 spiro atoms. The molecule has 50 valence electrons. The van der Waals surface area contributed by atoms with Gasteiger partial charge in [0, 0.05) is 11.4 Å². The predicted octanol–water partition coefficient (Wildman–Crippen LogP) is 1.90. The van der Waals surface area contributed by atoms with Crippen LogP contribution in [0.15, 0.2) is 0 Å². The lowest BCUT2D eigenvalue weighted by atomic mass is 10.2. The summed E-state index contributed by atoms with van der Waals surface area (Å²) in [5, 5.41) is 0. The maximum atomic E-state index is 5.37. The largest absolute Gasteiger partial charge is 0.329 e. The molecule has 0 aromatic carbocycles. The third-order valence-electron chi connectivity index (χ3n) is 1.13. The summed E-state index contributed by atoms with van der Waals surface area (Å²) in [5.74, 6) is 0. The minimum Gasteiger partial charge on any atom is -0.329 e. The molecule has 0 fully saturated rings. The van der Waals surface area contributed by atoms with Crippen LogP contribution in [0.4, 0.5) is 0 Å². The number of nitrogens with two attached hydrogens (primary N) is 1. The van der Waals surface area contributed by atoms with E-state index in [2.05, 4.69) is 22.9 Å². The summed E-state index contributed by atoms with van der Waals surface area (Å²) < 4.78 is 0. The van der Waals surface area contributed by atoms with Crippen molar-refractivity contribution in [1.29, 1.82) is 0 Å². The van der Waals surface area contributed by atoms with Gasteiger partial charge < -0.3 is 5.73 Å². The number of alkyl halides is 1. The van der Waals surface area contributed by atoms with Gasteiger partial charge in [-0.2, -0.15) is 0 Å². The van der Waals surface area contributed by atoms with Gasteiger partial charge in [0.05, 0.1) is 0 Å². The summed E-state index contributed by atoms with van der Waals surface area (Å²) in [6.45, 7) is 2.95. The molecule has 2 N–H and O–H groups in total. The van der Waals surface area contributed by atoms with Crippen molar-refractivity contribution in [1.82, 2.24) is 0 Å². The molecule has 2 heteroatoms. The number of rotatable bonds is 4. The molecule has 0 aromatic rings. The Hall–Kier alpha value is 0.440. The normalized spacial score (nSPS) is 13.9. The fraction of sp³-hybridized carbons (Fsp3) is 1.00. The smallest absolute Gasteiger partial charge is 0.0268 e. The van der Waals surface area contributed by atoms with Crippen molar-refractivity contribution < 1.29 is 0 Å². The van der Waals surface area contributed by atoms with Gasteiger partial charge in [-0.3, -0.25) is 0 Å². The lowest BCUT2D eigenvalue weighted by molar-refractivity contribution is 0.694. The van der Waals surface area contributed by atoms with Crippen molar-refractivity contribution >= 4 is 15.9 Å². The first kappa shape index (κ1) is 8.44. The van der Waals surface area contributed by atoms with E-state index in [1.165, 1.54) is 19.3 Å². The Labute approximate surface area is 59.8 Å². The Morgan fingerprint density at radius 1 is 1.62 bits per heavy atom. The Morgan fingerprint density at radius 2 is 2.25 bits per heavy atom. The van der Waals surface area contributed by atoms with Crippen LogP contribution in [0.25, 0.3) is 0 Å². The summed E-state index contributed by atoms with van der Waals surface area (Å²) in [5.41, 5.74) is 5.37. The highest BCUT2D eigenvalue weighted by molar-refractivity contribution is 9.09. The van der Waals surface area contributed by atoms with Crippen molar-refractivity contribution in [2.45, 2.75) is 31.0 Å². The van der Waals surface area contributed by atoms with Gasteiger partial charge in [0.25, 0.3) is 0 Å². The molecular weight excluding hydrogens is 166 g/mol. The van der Waals surface area contributed by atoms with Crippen LogP contribution in [0, 0.1) is 0 Å². The zero-order valence-electron chi connectivity index (χ0n) is 5.36. The highest BCUT2D eigenvalue weighted by atomic mass is 79.9. The van der Waals surface area contributed by atoms with Crippen molar-refractivity contribution in [3.63, 3.8) is 0 Å². The van der Waals surface area contributed by atoms with Crippen LogP contribution >= 0.6 is 15.9 Å². The van der Waals surface area contributed by atoms with Crippen LogP contribution in [0.2, 0.25) is 0 Å². The first-order valence-electron chi connectivity index (χ1n) is 3.15. The van der Waals surface area contributed by atoms with E-state index < -0.39 is 0 Å². The van der Waals surface area contributed by atoms with E-state index in [1.807, 2.05) is 0 Å². The Morgan fingerprint density at radius 3 is 2.62 bits per heavy atom.